The molecule has 1 heterocycles. The lowest BCUT2D eigenvalue weighted by Crippen LogP contribution is -2.12. The summed E-state index contributed by atoms with van der Waals surface area (Å²) >= 11 is 0. The Labute approximate surface area is 120 Å². The van der Waals surface area contributed by atoms with E-state index in [4.69, 9.17) is 15.0 Å². The minimum atomic E-state index is -3.72. The predicted octanol–water partition coefficient (Wildman–Crippen LogP) is -0.297. The summed E-state index contributed by atoms with van der Waals surface area (Å²) in [6, 6.07) is 5.62. The normalized spacial score (nSPS) is 11.3. The number of hydrogen-bond acceptors (Lipinski definition) is 6. The number of rotatable bonds is 6. The Balaban J connectivity index is 1.89. The molecule has 0 saturated carbocycles. The van der Waals surface area contributed by atoms with Crippen LogP contribution in [0.3, 0.4) is 0 Å². The summed E-state index contributed by atoms with van der Waals surface area (Å²) in [5.41, 5.74) is -0.146. The largest absolute Gasteiger partial charge is 0.492 e. The van der Waals surface area contributed by atoms with E-state index < -0.39 is 16.0 Å². The third-order valence-electron chi connectivity index (χ3n) is 2.50. The maximum Gasteiger partial charge on any atom is 0.358 e. The number of aromatic carboxylic acids is 1. The second-order valence-electron chi connectivity index (χ2n) is 4.04. The standard InChI is InChI=1S/C11H12N4O5S/c12-21(18,19)9-3-1-8(2-4-9)20-6-5-15-7-10(11(16)17)13-14-15/h1-4,7H,5-6H2,(H,16,17)(H2,12,18,19). The minimum absolute atomic E-state index is 0.00257. The molecular weight excluding hydrogens is 300 g/mol. The van der Waals surface area contributed by atoms with Gasteiger partial charge < -0.3 is 9.84 Å². The number of hydrogen-bond donors (Lipinski definition) is 2. The van der Waals surface area contributed by atoms with Crippen LogP contribution in [0.2, 0.25) is 0 Å². The molecule has 0 unspecified atom stereocenters. The van der Waals surface area contributed by atoms with Crippen LogP contribution in [0.5, 0.6) is 5.75 Å². The van der Waals surface area contributed by atoms with Crippen molar-refractivity contribution in [2.75, 3.05) is 6.61 Å². The number of benzene rings is 1. The molecule has 0 aliphatic heterocycles. The van der Waals surface area contributed by atoms with Crippen molar-refractivity contribution in [3.63, 3.8) is 0 Å². The van der Waals surface area contributed by atoms with Gasteiger partial charge in [-0.2, -0.15) is 0 Å². The zero-order valence-electron chi connectivity index (χ0n) is 10.7. The summed E-state index contributed by atoms with van der Waals surface area (Å²) in [4.78, 5) is 10.6. The molecule has 3 N–H and O–H groups in total. The zero-order valence-corrected chi connectivity index (χ0v) is 11.5. The Bertz CT molecular complexity index is 738. The monoisotopic (exact) mass is 312 g/mol. The van der Waals surface area contributed by atoms with E-state index in [0.717, 1.165) is 0 Å². The van der Waals surface area contributed by atoms with Crippen molar-refractivity contribution >= 4 is 16.0 Å². The van der Waals surface area contributed by atoms with Gasteiger partial charge in [-0.05, 0) is 24.3 Å². The number of carboxylic acid groups (broad SMARTS) is 1. The van der Waals surface area contributed by atoms with Gasteiger partial charge in [-0.25, -0.2) is 23.0 Å². The molecule has 21 heavy (non-hydrogen) atoms. The Kier molecular flexibility index (Phi) is 4.19. The SMILES string of the molecule is NS(=O)(=O)c1ccc(OCCn2cc(C(=O)O)nn2)cc1. The van der Waals surface area contributed by atoms with Gasteiger partial charge in [-0.3, -0.25) is 0 Å². The number of nitrogens with zero attached hydrogens (tertiary/aromatic N) is 3. The summed E-state index contributed by atoms with van der Waals surface area (Å²) in [5.74, 6) is -0.693. The maximum absolute atomic E-state index is 11.1. The minimum Gasteiger partial charge on any atom is -0.492 e. The van der Waals surface area contributed by atoms with Gasteiger partial charge in [0.05, 0.1) is 17.6 Å². The van der Waals surface area contributed by atoms with Crippen LogP contribution in [-0.4, -0.2) is 41.1 Å². The van der Waals surface area contributed by atoms with E-state index in [0.29, 0.717) is 12.3 Å². The summed E-state index contributed by atoms with van der Waals surface area (Å²) in [6.07, 6.45) is 1.29. The first-order valence-electron chi connectivity index (χ1n) is 5.75. The molecule has 0 amide bonds. The van der Waals surface area contributed by atoms with E-state index >= 15 is 0 Å². The van der Waals surface area contributed by atoms with Crippen molar-refractivity contribution in [2.24, 2.45) is 5.14 Å². The van der Waals surface area contributed by atoms with E-state index in [2.05, 4.69) is 10.3 Å². The number of carbonyl (C=O) groups is 1. The lowest BCUT2D eigenvalue weighted by Gasteiger charge is -2.06. The molecule has 10 heteroatoms. The average Bonchev–Trinajstić information content (AvgIpc) is 2.87. The summed E-state index contributed by atoms with van der Waals surface area (Å²) in [6.45, 7) is 0.522. The molecule has 0 aliphatic carbocycles. The lowest BCUT2D eigenvalue weighted by atomic mass is 10.3. The molecule has 2 aromatic rings. The number of ether oxygens (including phenoxy) is 1. The first kappa shape index (κ1) is 14.9. The van der Waals surface area contributed by atoms with E-state index in [1.807, 2.05) is 0 Å². The van der Waals surface area contributed by atoms with Crippen molar-refractivity contribution < 1.29 is 23.1 Å². The number of aromatic nitrogens is 3. The highest BCUT2D eigenvalue weighted by molar-refractivity contribution is 7.89. The van der Waals surface area contributed by atoms with Crippen LogP contribution >= 0.6 is 0 Å². The molecule has 1 aromatic carbocycles. The third-order valence-corrected chi connectivity index (χ3v) is 3.43. The van der Waals surface area contributed by atoms with Crippen molar-refractivity contribution in [3.8, 4) is 5.75 Å². The first-order chi connectivity index (χ1) is 9.86. The molecule has 1 aromatic heterocycles. The predicted molar refractivity (Wildman–Crippen MR) is 70.3 cm³/mol. The second kappa shape index (κ2) is 5.89. The first-order valence-corrected chi connectivity index (χ1v) is 7.30. The summed E-state index contributed by atoms with van der Waals surface area (Å²) in [5, 5.41) is 20.7. The van der Waals surface area contributed by atoms with E-state index in [1.54, 1.807) is 0 Å². The van der Waals surface area contributed by atoms with Crippen molar-refractivity contribution in [2.45, 2.75) is 11.4 Å². The Hall–Kier alpha value is -2.46. The smallest absolute Gasteiger partial charge is 0.358 e. The molecule has 0 fully saturated rings. The molecular formula is C11H12N4O5S. The highest BCUT2D eigenvalue weighted by Crippen LogP contribution is 2.14. The fourth-order valence-corrected chi connectivity index (χ4v) is 2.00. The van der Waals surface area contributed by atoms with E-state index in [-0.39, 0.29) is 17.2 Å². The maximum atomic E-state index is 11.1. The fraction of sp³-hybridized carbons (Fsp3) is 0.182. The van der Waals surface area contributed by atoms with Gasteiger partial charge >= 0.3 is 5.97 Å². The second-order valence-corrected chi connectivity index (χ2v) is 5.60. The van der Waals surface area contributed by atoms with Gasteiger partial charge in [0.2, 0.25) is 10.0 Å². The van der Waals surface area contributed by atoms with Gasteiger partial charge in [0, 0.05) is 0 Å². The van der Waals surface area contributed by atoms with Gasteiger partial charge in [-0.15, -0.1) is 5.10 Å². The molecule has 0 aliphatic rings. The lowest BCUT2D eigenvalue weighted by molar-refractivity contribution is 0.0690. The summed E-state index contributed by atoms with van der Waals surface area (Å²) in [7, 11) is -3.72. The van der Waals surface area contributed by atoms with Gasteiger partial charge in [0.15, 0.2) is 5.69 Å². The quantitative estimate of drug-likeness (QED) is 0.747. The highest BCUT2D eigenvalue weighted by atomic mass is 32.2. The van der Waals surface area contributed by atoms with E-state index in [1.165, 1.54) is 35.1 Å². The third kappa shape index (κ3) is 4.00. The molecule has 112 valence electrons. The Morgan fingerprint density at radius 2 is 2.00 bits per heavy atom. The number of sulfonamides is 1. The summed E-state index contributed by atoms with van der Waals surface area (Å²) < 4.78 is 28.9. The number of primary sulfonamides is 1. The zero-order chi connectivity index (χ0) is 15.5. The van der Waals surface area contributed by atoms with Crippen molar-refractivity contribution in [1.82, 2.24) is 15.0 Å². The van der Waals surface area contributed by atoms with Crippen LogP contribution in [0.25, 0.3) is 0 Å². The average molecular weight is 312 g/mol. The van der Waals surface area contributed by atoms with Crippen LogP contribution in [0.4, 0.5) is 0 Å². The van der Waals surface area contributed by atoms with E-state index in [9.17, 15) is 13.2 Å². The van der Waals surface area contributed by atoms with Crippen LogP contribution in [-0.2, 0) is 16.6 Å². The van der Waals surface area contributed by atoms with Crippen LogP contribution in [0.1, 0.15) is 10.5 Å². The fourth-order valence-electron chi connectivity index (χ4n) is 1.49. The van der Waals surface area contributed by atoms with Gasteiger partial charge in [0.1, 0.15) is 12.4 Å². The Morgan fingerprint density at radius 3 is 2.52 bits per heavy atom. The van der Waals surface area contributed by atoms with Crippen molar-refractivity contribution in [1.29, 1.82) is 0 Å². The molecule has 0 bridgehead atoms. The van der Waals surface area contributed by atoms with Crippen LogP contribution < -0.4 is 9.88 Å². The van der Waals surface area contributed by atoms with Gasteiger partial charge in [-0.1, -0.05) is 5.21 Å². The highest BCUT2D eigenvalue weighted by Gasteiger charge is 2.09. The van der Waals surface area contributed by atoms with Crippen molar-refractivity contribution in [3.05, 3.63) is 36.2 Å². The molecule has 0 atom stereocenters. The van der Waals surface area contributed by atoms with Crippen LogP contribution in [0.15, 0.2) is 35.4 Å². The molecule has 0 radical (unpaired) electrons. The topological polar surface area (TPSA) is 137 Å². The molecule has 0 spiro atoms. The molecule has 9 nitrogen and oxygen atoms in total. The number of nitrogens with two attached hydrogens (primary N) is 1. The molecule has 2 rings (SSSR count). The molecule has 0 saturated heterocycles. The number of carboxylic acids is 1. The van der Waals surface area contributed by atoms with Gasteiger partial charge in [0.25, 0.3) is 0 Å². The Morgan fingerprint density at radius 1 is 1.33 bits per heavy atom. The van der Waals surface area contributed by atoms with Crippen LogP contribution in [0, 0.1) is 0 Å².